The topological polar surface area (TPSA) is 79.3 Å². The molecule has 1 aliphatic heterocycles. The first-order chi connectivity index (χ1) is 11.6. The van der Waals surface area contributed by atoms with Crippen molar-refractivity contribution in [3.05, 3.63) is 18.0 Å². The summed E-state index contributed by atoms with van der Waals surface area (Å²) in [7, 11) is 1.83. The second-order valence-corrected chi connectivity index (χ2v) is 6.89. The first-order valence-corrected chi connectivity index (χ1v) is 8.93. The molecule has 1 saturated carbocycles. The zero-order valence-corrected chi connectivity index (χ0v) is 15.6. The summed E-state index contributed by atoms with van der Waals surface area (Å²) in [6.45, 7) is 1.95. The van der Waals surface area contributed by atoms with Crippen LogP contribution >= 0.6 is 12.4 Å². The second kappa shape index (κ2) is 9.20. The van der Waals surface area contributed by atoms with Gasteiger partial charge < -0.3 is 15.5 Å². The van der Waals surface area contributed by atoms with Crippen LogP contribution in [-0.2, 0) is 11.3 Å². The van der Waals surface area contributed by atoms with Gasteiger partial charge in [0.1, 0.15) is 6.54 Å². The molecule has 140 valence electrons. The summed E-state index contributed by atoms with van der Waals surface area (Å²) in [4.78, 5) is 26.4. The SMILES string of the molecule is CN(C(=O)c1cnn(CC(=O)NC2CCCCC2)c1)C1CCNC1.Cl. The molecule has 2 aliphatic rings. The Morgan fingerprint density at radius 2 is 2.08 bits per heavy atom. The first kappa shape index (κ1) is 19.7. The van der Waals surface area contributed by atoms with Crippen LogP contribution in [0, 0.1) is 0 Å². The van der Waals surface area contributed by atoms with E-state index in [1.54, 1.807) is 22.0 Å². The van der Waals surface area contributed by atoms with Crippen LogP contribution in [0.25, 0.3) is 0 Å². The minimum atomic E-state index is -0.0392. The van der Waals surface area contributed by atoms with E-state index in [-0.39, 0.29) is 36.8 Å². The Hall–Kier alpha value is -1.60. The minimum Gasteiger partial charge on any atom is -0.352 e. The van der Waals surface area contributed by atoms with Gasteiger partial charge in [0, 0.05) is 31.9 Å². The number of hydrogen-bond acceptors (Lipinski definition) is 4. The average Bonchev–Trinajstić information content (AvgIpc) is 3.26. The Balaban J connectivity index is 0.00000225. The lowest BCUT2D eigenvalue weighted by atomic mass is 9.95. The molecular weight excluding hydrogens is 342 g/mol. The molecule has 1 saturated heterocycles. The number of nitrogens with zero attached hydrogens (tertiary/aromatic N) is 3. The van der Waals surface area contributed by atoms with Crippen molar-refractivity contribution < 1.29 is 9.59 Å². The Kier molecular flexibility index (Phi) is 7.25. The summed E-state index contributed by atoms with van der Waals surface area (Å²) in [6, 6.07) is 0.527. The molecule has 1 unspecified atom stereocenters. The zero-order chi connectivity index (χ0) is 16.9. The number of carbonyl (C=O) groups excluding carboxylic acids is 2. The summed E-state index contributed by atoms with van der Waals surface area (Å²) in [6.07, 6.45) is 9.96. The molecule has 1 atom stereocenters. The maximum atomic E-state index is 12.5. The molecule has 8 heteroatoms. The van der Waals surface area contributed by atoms with Crippen LogP contribution in [0.3, 0.4) is 0 Å². The molecule has 0 radical (unpaired) electrons. The first-order valence-electron chi connectivity index (χ1n) is 8.93. The molecular formula is C17H28ClN5O2. The number of rotatable bonds is 5. The van der Waals surface area contributed by atoms with Gasteiger partial charge >= 0.3 is 0 Å². The monoisotopic (exact) mass is 369 g/mol. The van der Waals surface area contributed by atoms with Crippen LogP contribution in [0.1, 0.15) is 48.9 Å². The molecule has 25 heavy (non-hydrogen) atoms. The highest BCUT2D eigenvalue weighted by atomic mass is 35.5. The van der Waals surface area contributed by atoms with E-state index in [4.69, 9.17) is 0 Å². The van der Waals surface area contributed by atoms with Crippen LogP contribution in [-0.4, -0.2) is 58.7 Å². The van der Waals surface area contributed by atoms with E-state index in [9.17, 15) is 9.59 Å². The molecule has 7 nitrogen and oxygen atoms in total. The van der Waals surface area contributed by atoms with Crippen molar-refractivity contribution in [1.29, 1.82) is 0 Å². The Bertz CT molecular complexity index is 579. The molecule has 2 heterocycles. The summed E-state index contributed by atoms with van der Waals surface area (Å²) in [5, 5.41) is 10.5. The average molecular weight is 370 g/mol. The van der Waals surface area contributed by atoms with Crippen LogP contribution in [0.4, 0.5) is 0 Å². The van der Waals surface area contributed by atoms with E-state index in [1.165, 1.54) is 19.3 Å². The van der Waals surface area contributed by atoms with Crippen LogP contribution < -0.4 is 10.6 Å². The standard InChI is InChI=1S/C17H27N5O2.ClH/c1-21(15-7-8-18-10-15)17(24)13-9-19-22(11-13)12-16(23)20-14-5-3-2-4-6-14;/h9,11,14-15,18H,2-8,10,12H2,1H3,(H,20,23);1H. The van der Waals surface area contributed by atoms with E-state index in [2.05, 4.69) is 15.7 Å². The van der Waals surface area contributed by atoms with Crippen molar-refractivity contribution in [1.82, 2.24) is 25.3 Å². The summed E-state index contributed by atoms with van der Waals surface area (Å²) in [5.41, 5.74) is 0.537. The van der Waals surface area contributed by atoms with Crippen molar-refractivity contribution in [3.63, 3.8) is 0 Å². The molecule has 1 aliphatic carbocycles. The Morgan fingerprint density at radius 1 is 1.32 bits per heavy atom. The van der Waals surface area contributed by atoms with Gasteiger partial charge in [-0.25, -0.2) is 0 Å². The maximum Gasteiger partial charge on any atom is 0.257 e. The predicted molar refractivity (Wildman–Crippen MR) is 97.9 cm³/mol. The number of amides is 2. The van der Waals surface area contributed by atoms with E-state index in [1.807, 2.05) is 7.05 Å². The normalized spacial score (nSPS) is 20.8. The highest BCUT2D eigenvalue weighted by Crippen LogP contribution is 2.17. The molecule has 0 aromatic carbocycles. The van der Waals surface area contributed by atoms with E-state index >= 15 is 0 Å². The smallest absolute Gasteiger partial charge is 0.257 e. The summed E-state index contributed by atoms with van der Waals surface area (Å²) in [5.74, 6) is -0.0695. The van der Waals surface area contributed by atoms with Gasteiger partial charge in [-0.05, 0) is 25.8 Å². The maximum absolute atomic E-state index is 12.5. The summed E-state index contributed by atoms with van der Waals surface area (Å²) >= 11 is 0. The van der Waals surface area contributed by atoms with Gasteiger partial charge in [-0.2, -0.15) is 5.10 Å². The minimum absolute atomic E-state index is 0. The molecule has 1 aromatic rings. The van der Waals surface area contributed by atoms with Crippen molar-refractivity contribution in [2.75, 3.05) is 20.1 Å². The van der Waals surface area contributed by atoms with Crippen LogP contribution in [0.5, 0.6) is 0 Å². The molecule has 0 bridgehead atoms. The van der Waals surface area contributed by atoms with Gasteiger partial charge in [-0.15, -0.1) is 12.4 Å². The number of nitrogens with one attached hydrogen (secondary N) is 2. The third kappa shape index (κ3) is 5.19. The van der Waals surface area contributed by atoms with Crippen molar-refractivity contribution in [2.24, 2.45) is 0 Å². The van der Waals surface area contributed by atoms with Gasteiger partial charge in [0.05, 0.1) is 11.8 Å². The highest BCUT2D eigenvalue weighted by Gasteiger charge is 2.25. The number of carbonyl (C=O) groups is 2. The van der Waals surface area contributed by atoms with E-state index < -0.39 is 0 Å². The van der Waals surface area contributed by atoms with Gasteiger partial charge in [0.2, 0.25) is 5.91 Å². The third-order valence-electron chi connectivity index (χ3n) is 5.06. The van der Waals surface area contributed by atoms with E-state index in [0.717, 1.165) is 32.4 Å². The van der Waals surface area contributed by atoms with Gasteiger partial charge in [-0.1, -0.05) is 19.3 Å². The molecule has 0 spiro atoms. The molecule has 3 rings (SSSR count). The Labute approximate surface area is 154 Å². The highest BCUT2D eigenvalue weighted by molar-refractivity contribution is 5.93. The fourth-order valence-corrected chi connectivity index (χ4v) is 3.57. The van der Waals surface area contributed by atoms with Gasteiger partial charge in [0.15, 0.2) is 0 Å². The van der Waals surface area contributed by atoms with Crippen molar-refractivity contribution in [2.45, 2.75) is 57.2 Å². The molecule has 1 aromatic heterocycles. The van der Waals surface area contributed by atoms with Crippen molar-refractivity contribution in [3.8, 4) is 0 Å². The number of aromatic nitrogens is 2. The van der Waals surface area contributed by atoms with Crippen LogP contribution in [0.15, 0.2) is 12.4 Å². The lowest BCUT2D eigenvalue weighted by Gasteiger charge is -2.23. The van der Waals surface area contributed by atoms with E-state index in [0.29, 0.717) is 11.6 Å². The number of likely N-dealkylation sites (N-methyl/N-ethyl adjacent to an activating group) is 1. The summed E-state index contributed by atoms with van der Waals surface area (Å²) < 4.78 is 1.55. The molecule has 2 fully saturated rings. The van der Waals surface area contributed by atoms with Gasteiger partial charge in [0.25, 0.3) is 5.91 Å². The number of halogens is 1. The second-order valence-electron chi connectivity index (χ2n) is 6.89. The largest absolute Gasteiger partial charge is 0.352 e. The molecule has 2 N–H and O–H groups in total. The number of hydrogen-bond donors (Lipinski definition) is 2. The van der Waals surface area contributed by atoms with Gasteiger partial charge in [-0.3, -0.25) is 14.3 Å². The third-order valence-corrected chi connectivity index (χ3v) is 5.06. The lowest BCUT2D eigenvalue weighted by Crippen LogP contribution is -2.38. The van der Waals surface area contributed by atoms with Crippen molar-refractivity contribution >= 4 is 24.2 Å². The quantitative estimate of drug-likeness (QED) is 0.817. The molecule has 2 amide bonds. The zero-order valence-electron chi connectivity index (χ0n) is 14.7. The fraction of sp³-hybridized carbons (Fsp3) is 0.706. The van der Waals surface area contributed by atoms with Crippen LogP contribution in [0.2, 0.25) is 0 Å². The fourth-order valence-electron chi connectivity index (χ4n) is 3.57. The predicted octanol–water partition coefficient (Wildman–Crippen LogP) is 1.19. The lowest BCUT2D eigenvalue weighted by molar-refractivity contribution is -0.122. The Morgan fingerprint density at radius 3 is 2.76 bits per heavy atom.